The van der Waals surface area contributed by atoms with Crippen LogP contribution in [0.25, 0.3) is 22.5 Å². The number of unbranched alkanes of at least 4 members (excludes halogenated alkanes) is 1. The van der Waals surface area contributed by atoms with E-state index in [1.54, 1.807) is 11.6 Å². The minimum atomic E-state index is -4.65. The Morgan fingerprint density at radius 1 is 1.08 bits per heavy atom. The van der Waals surface area contributed by atoms with Crippen LogP contribution in [0, 0.1) is 28.9 Å². The van der Waals surface area contributed by atoms with Crippen LogP contribution < -0.4 is 10.2 Å². The zero-order valence-electron chi connectivity index (χ0n) is 26.4. The predicted octanol–water partition coefficient (Wildman–Crippen LogP) is 6.95. The van der Waals surface area contributed by atoms with Gasteiger partial charge in [0.1, 0.15) is 18.0 Å². The summed E-state index contributed by atoms with van der Waals surface area (Å²) < 4.78 is 74.4. The number of anilines is 2. The summed E-state index contributed by atoms with van der Waals surface area (Å²) in [6.45, 7) is 3.75. The molecule has 0 unspecified atom stereocenters. The highest BCUT2D eigenvalue weighted by Crippen LogP contribution is 2.40. The minimum absolute atomic E-state index is 0.0172. The van der Waals surface area contributed by atoms with Crippen molar-refractivity contribution in [2.24, 2.45) is 13.0 Å². The monoisotopic (exact) mass is 664 g/mol. The molecule has 4 heterocycles. The lowest BCUT2D eigenvalue weighted by Crippen LogP contribution is -2.34. The Kier molecular flexibility index (Phi) is 9.15. The Hall–Kier alpha value is -4.90. The van der Waals surface area contributed by atoms with Crippen molar-refractivity contribution in [1.82, 2.24) is 24.6 Å². The third-order valence-electron chi connectivity index (χ3n) is 8.78. The van der Waals surface area contributed by atoms with Gasteiger partial charge in [-0.15, -0.1) is 10.2 Å². The lowest BCUT2D eigenvalue weighted by Gasteiger charge is -2.31. The van der Waals surface area contributed by atoms with Crippen molar-refractivity contribution in [3.63, 3.8) is 0 Å². The molecule has 0 bridgehead atoms. The molecular formula is C34H33F5N8O. The lowest BCUT2D eigenvalue weighted by molar-refractivity contribution is -0.137. The van der Waals surface area contributed by atoms with E-state index in [0.717, 1.165) is 38.1 Å². The van der Waals surface area contributed by atoms with E-state index in [2.05, 4.69) is 32.3 Å². The molecule has 48 heavy (non-hydrogen) atoms. The number of aryl methyl sites for hydroxylation is 1. The summed E-state index contributed by atoms with van der Waals surface area (Å²) in [7, 11) is 1.66. The number of piperidine rings is 1. The van der Waals surface area contributed by atoms with E-state index in [0.29, 0.717) is 30.3 Å². The highest BCUT2D eigenvalue weighted by molar-refractivity contribution is 6.10. The van der Waals surface area contributed by atoms with Crippen LogP contribution in [0.2, 0.25) is 0 Å². The van der Waals surface area contributed by atoms with E-state index in [-0.39, 0.29) is 59.0 Å². The normalized spacial score (nSPS) is 16.7. The summed E-state index contributed by atoms with van der Waals surface area (Å²) in [5.41, 5.74) is -0.147. The van der Waals surface area contributed by atoms with Crippen molar-refractivity contribution < 1.29 is 26.7 Å². The molecule has 0 saturated carbocycles. The summed E-state index contributed by atoms with van der Waals surface area (Å²) in [5, 5.41) is 20.0. The molecule has 2 aromatic heterocycles. The van der Waals surface area contributed by atoms with Crippen LogP contribution in [0.15, 0.2) is 42.7 Å². The smallest absolute Gasteiger partial charge is 0.370 e. The second kappa shape index (κ2) is 13.3. The standard InChI is InChI=1S/C34H33F5N8O/c1-20-6-5-11-46(16-20)17-22-12-26-27(31(36)30(22)35)18-47(33(26)48)29-14-21(13-28(43-29)41-10-4-3-9-40)25-15-23(34(37,38)39)7-8-24(25)32-44-42-19-45(32)2/h7-8,12-15,19-20H,3-6,10-11,16-18H2,1-2H3,(H,41,43)/t20-/m0/s1. The molecule has 9 nitrogen and oxygen atoms in total. The first kappa shape index (κ1) is 33.0. The van der Waals surface area contributed by atoms with Gasteiger partial charge in [0.05, 0.1) is 18.2 Å². The number of fused-ring (bicyclic) bond motifs is 1. The van der Waals surface area contributed by atoms with Gasteiger partial charge in [-0.3, -0.25) is 14.6 Å². The van der Waals surface area contributed by atoms with Crippen LogP contribution in [-0.4, -0.2) is 50.2 Å². The van der Waals surface area contributed by atoms with Crippen molar-refractivity contribution in [3.8, 4) is 28.6 Å². The third-order valence-corrected chi connectivity index (χ3v) is 8.78. The van der Waals surface area contributed by atoms with Gasteiger partial charge < -0.3 is 9.88 Å². The number of carbonyl (C=O) groups is 1. The van der Waals surface area contributed by atoms with E-state index in [9.17, 15) is 18.0 Å². The number of halogens is 5. The van der Waals surface area contributed by atoms with Crippen LogP contribution in [0.1, 0.15) is 59.7 Å². The van der Waals surface area contributed by atoms with Crippen LogP contribution in [0.3, 0.4) is 0 Å². The summed E-state index contributed by atoms with van der Waals surface area (Å²) in [6, 6.07) is 9.69. The fraction of sp³-hybridized carbons (Fsp3) is 0.382. The molecule has 1 saturated heterocycles. The Bertz CT molecular complexity index is 1900. The van der Waals surface area contributed by atoms with Crippen molar-refractivity contribution >= 4 is 17.5 Å². The van der Waals surface area contributed by atoms with Gasteiger partial charge in [0.2, 0.25) is 0 Å². The van der Waals surface area contributed by atoms with Gasteiger partial charge in [-0.05, 0) is 79.3 Å². The van der Waals surface area contributed by atoms with Gasteiger partial charge in [0, 0.05) is 55.4 Å². The number of nitrogens with zero attached hydrogens (tertiary/aromatic N) is 7. The number of hydrogen-bond acceptors (Lipinski definition) is 7. The highest BCUT2D eigenvalue weighted by Gasteiger charge is 2.36. The number of hydrogen-bond donors (Lipinski definition) is 1. The lowest BCUT2D eigenvalue weighted by atomic mass is 9.96. The summed E-state index contributed by atoms with van der Waals surface area (Å²) in [6.07, 6.45) is -0.505. The number of nitriles is 1. The van der Waals surface area contributed by atoms with E-state index in [1.165, 1.54) is 35.5 Å². The maximum Gasteiger partial charge on any atom is 0.416 e. The number of aromatic nitrogens is 4. The molecule has 14 heteroatoms. The van der Waals surface area contributed by atoms with Crippen molar-refractivity contribution in [2.75, 3.05) is 29.9 Å². The number of likely N-dealkylation sites (tertiary alicyclic amines) is 1. The van der Waals surface area contributed by atoms with Gasteiger partial charge in [-0.25, -0.2) is 13.8 Å². The van der Waals surface area contributed by atoms with Gasteiger partial charge >= 0.3 is 6.18 Å². The zero-order valence-corrected chi connectivity index (χ0v) is 26.4. The molecule has 250 valence electrons. The summed E-state index contributed by atoms with van der Waals surface area (Å²) in [4.78, 5) is 21.7. The maximum atomic E-state index is 15.6. The molecule has 2 aliphatic rings. The molecule has 4 aromatic rings. The van der Waals surface area contributed by atoms with E-state index in [4.69, 9.17) is 5.26 Å². The van der Waals surface area contributed by atoms with Gasteiger partial charge in [-0.1, -0.05) is 6.92 Å². The van der Waals surface area contributed by atoms with Crippen LogP contribution in [0.4, 0.5) is 33.6 Å². The van der Waals surface area contributed by atoms with Crippen LogP contribution in [0.5, 0.6) is 0 Å². The van der Waals surface area contributed by atoms with E-state index < -0.39 is 29.3 Å². The first-order chi connectivity index (χ1) is 22.9. The number of amides is 1. The molecule has 0 aliphatic carbocycles. The Labute approximate surface area is 274 Å². The molecule has 2 aliphatic heterocycles. The third kappa shape index (κ3) is 6.60. The molecule has 0 spiro atoms. The Morgan fingerprint density at radius 2 is 1.90 bits per heavy atom. The topological polar surface area (TPSA) is 103 Å². The summed E-state index contributed by atoms with van der Waals surface area (Å²) >= 11 is 0. The minimum Gasteiger partial charge on any atom is -0.370 e. The van der Waals surface area contributed by atoms with Crippen LogP contribution >= 0.6 is 0 Å². The maximum absolute atomic E-state index is 15.6. The summed E-state index contributed by atoms with van der Waals surface area (Å²) in [5.74, 6) is -1.73. The van der Waals surface area contributed by atoms with Gasteiger partial charge in [-0.2, -0.15) is 18.4 Å². The second-order valence-corrected chi connectivity index (χ2v) is 12.4. The Balaban J connectivity index is 1.42. The number of pyridine rings is 1. The number of carbonyl (C=O) groups excluding carboxylic acids is 1. The molecule has 0 radical (unpaired) electrons. The molecule has 1 atom stereocenters. The SMILES string of the molecule is C[C@H]1CCCN(Cc2cc3c(c(F)c2F)CN(c2cc(-c4cc(C(F)(F)F)ccc4-c4nncn4C)cc(NCCCC#N)n2)C3=O)C1. The quantitative estimate of drug-likeness (QED) is 0.153. The zero-order chi connectivity index (χ0) is 34.2. The van der Waals surface area contributed by atoms with Crippen LogP contribution in [-0.2, 0) is 26.3 Å². The average molecular weight is 665 g/mol. The average Bonchev–Trinajstić information content (AvgIpc) is 3.63. The molecule has 1 amide bonds. The van der Waals surface area contributed by atoms with E-state index in [1.807, 2.05) is 6.07 Å². The molecule has 6 rings (SSSR count). The van der Waals surface area contributed by atoms with E-state index >= 15 is 8.78 Å². The number of alkyl halides is 3. The van der Waals surface area contributed by atoms with Gasteiger partial charge in [0.25, 0.3) is 5.91 Å². The molecular weight excluding hydrogens is 631 g/mol. The largest absolute Gasteiger partial charge is 0.416 e. The molecule has 1 N–H and O–H groups in total. The first-order valence-corrected chi connectivity index (χ1v) is 15.7. The first-order valence-electron chi connectivity index (χ1n) is 15.7. The Morgan fingerprint density at radius 3 is 2.60 bits per heavy atom. The molecule has 1 fully saturated rings. The predicted molar refractivity (Wildman–Crippen MR) is 169 cm³/mol. The van der Waals surface area contributed by atoms with Crippen molar-refractivity contribution in [2.45, 2.75) is 51.9 Å². The highest BCUT2D eigenvalue weighted by atomic mass is 19.4. The fourth-order valence-electron chi connectivity index (χ4n) is 6.37. The van der Waals surface area contributed by atoms with Crippen molar-refractivity contribution in [1.29, 1.82) is 5.26 Å². The van der Waals surface area contributed by atoms with Gasteiger partial charge in [0.15, 0.2) is 17.5 Å². The molecule has 2 aromatic carbocycles. The van der Waals surface area contributed by atoms with Crippen molar-refractivity contribution in [3.05, 3.63) is 76.6 Å². The number of nitrogens with one attached hydrogen (secondary N) is 1. The fourth-order valence-corrected chi connectivity index (χ4v) is 6.37. The number of benzene rings is 2. The number of rotatable bonds is 9. The second-order valence-electron chi connectivity index (χ2n) is 12.4.